The quantitative estimate of drug-likeness (QED) is 0.740. The van der Waals surface area contributed by atoms with Crippen molar-refractivity contribution in [1.29, 1.82) is 0 Å². The van der Waals surface area contributed by atoms with Crippen LogP contribution in [0, 0.1) is 0 Å². The molecule has 0 aliphatic heterocycles. The van der Waals surface area contributed by atoms with Gasteiger partial charge >= 0.3 is 0 Å². The Bertz CT molecular complexity index is 574. The fourth-order valence-electron chi connectivity index (χ4n) is 1.72. The van der Waals surface area contributed by atoms with Crippen molar-refractivity contribution >= 4 is 6.08 Å². The van der Waals surface area contributed by atoms with E-state index in [1.807, 2.05) is 0 Å². The Morgan fingerprint density at radius 1 is 0.824 bits per heavy atom. The molecular formula is C14H12O3. The van der Waals surface area contributed by atoms with Crippen molar-refractivity contribution in [3.05, 3.63) is 48.5 Å². The fraction of sp³-hybridized carbons (Fsp3) is 0. The van der Waals surface area contributed by atoms with Gasteiger partial charge in [0.25, 0.3) is 0 Å². The van der Waals surface area contributed by atoms with E-state index in [9.17, 15) is 15.3 Å². The highest BCUT2D eigenvalue weighted by molar-refractivity contribution is 5.81. The van der Waals surface area contributed by atoms with Crippen LogP contribution >= 0.6 is 0 Å². The second-order valence-electron chi connectivity index (χ2n) is 3.62. The molecule has 2 rings (SSSR count). The average molecular weight is 228 g/mol. The number of para-hydroxylation sites is 1. The van der Waals surface area contributed by atoms with E-state index in [1.54, 1.807) is 24.3 Å². The summed E-state index contributed by atoms with van der Waals surface area (Å²) in [6, 6.07) is 9.69. The van der Waals surface area contributed by atoms with Gasteiger partial charge < -0.3 is 15.3 Å². The maximum atomic E-state index is 10.0. The van der Waals surface area contributed by atoms with E-state index in [-0.39, 0.29) is 22.8 Å². The van der Waals surface area contributed by atoms with Crippen LogP contribution in [0.25, 0.3) is 17.2 Å². The summed E-state index contributed by atoms with van der Waals surface area (Å²) in [6.07, 6.45) is 1.37. The van der Waals surface area contributed by atoms with Crippen molar-refractivity contribution in [3.8, 4) is 28.4 Å². The summed E-state index contributed by atoms with van der Waals surface area (Å²) in [5.74, 6) is -0.0679. The lowest BCUT2D eigenvalue weighted by molar-refractivity contribution is 0.448. The minimum atomic E-state index is -0.0958. The molecule has 2 aromatic carbocycles. The van der Waals surface area contributed by atoms with Gasteiger partial charge in [-0.1, -0.05) is 30.9 Å². The molecule has 3 heteroatoms. The maximum absolute atomic E-state index is 10.0. The number of benzene rings is 2. The first-order valence-corrected chi connectivity index (χ1v) is 5.11. The average Bonchev–Trinajstić information content (AvgIpc) is 2.31. The summed E-state index contributed by atoms with van der Waals surface area (Å²) < 4.78 is 0. The zero-order chi connectivity index (χ0) is 12.4. The van der Waals surface area contributed by atoms with Crippen LogP contribution in [0.15, 0.2) is 43.0 Å². The second kappa shape index (κ2) is 4.22. The van der Waals surface area contributed by atoms with Crippen molar-refractivity contribution in [1.82, 2.24) is 0 Å². The predicted molar refractivity (Wildman–Crippen MR) is 67.0 cm³/mol. The molecule has 0 bridgehead atoms. The summed E-state index contributed by atoms with van der Waals surface area (Å²) in [7, 11) is 0. The second-order valence-corrected chi connectivity index (χ2v) is 3.62. The Hall–Kier alpha value is -2.42. The summed E-state index contributed by atoms with van der Waals surface area (Å²) in [6.45, 7) is 3.53. The Kier molecular flexibility index (Phi) is 2.75. The number of hydrogen-bond donors (Lipinski definition) is 3. The van der Waals surface area contributed by atoms with Crippen LogP contribution in [-0.2, 0) is 0 Å². The van der Waals surface area contributed by atoms with Crippen LogP contribution < -0.4 is 0 Å². The van der Waals surface area contributed by atoms with E-state index >= 15 is 0 Å². The topological polar surface area (TPSA) is 60.7 Å². The molecule has 17 heavy (non-hydrogen) atoms. The molecule has 0 spiro atoms. The van der Waals surface area contributed by atoms with Crippen LogP contribution in [0.2, 0.25) is 0 Å². The van der Waals surface area contributed by atoms with Crippen LogP contribution in [0.5, 0.6) is 17.2 Å². The minimum Gasteiger partial charge on any atom is -0.507 e. The summed E-state index contributed by atoms with van der Waals surface area (Å²) in [5, 5.41) is 29.3. The monoisotopic (exact) mass is 228 g/mol. The van der Waals surface area contributed by atoms with Crippen molar-refractivity contribution in [2.45, 2.75) is 0 Å². The van der Waals surface area contributed by atoms with Gasteiger partial charge in [0.2, 0.25) is 0 Å². The van der Waals surface area contributed by atoms with Crippen molar-refractivity contribution in [2.24, 2.45) is 0 Å². The highest BCUT2D eigenvalue weighted by Gasteiger charge is 2.13. The van der Waals surface area contributed by atoms with E-state index in [0.29, 0.717) is 11.1 Å². The standard InChI is InChI=1S/C14H12O3/c1-2-9-13(16)8-7-11(14(9)17)10-5-3-4-6-12(10)15/h2-8,15-17H,1H2. The normalized spacial score (nSPS) is 10.1. The van der Waals surface area contributed by atoms with Gasteiger partial charge in [-0.05, 0) is 18.2 Å². The van der Waals surface area contributed by atoms with Crippen molar-refractivity contribution in [2.75, 3.05) is 0 Å². The van der Waals surface area contributed by atoms with Crippen LogP contribution in [0.4, 0.5) is 0 Å². The Morgan fingerprint density at radius 2 is 1.53 bits per heavy atom. The number of aromatic hydroxyl groups is 3. The fourth-order valence-corrected chi connectivity index (χ4v) is 1.72. The van der Waals surface area contributed by atoms with Gasteiger partial charge in [-0.3, -0.25) is 0 Å². The molecule has 0 amide bonds. The molecule has 0 fully saturated rings. The number of phenolic OH excluding ortho intramolecular Hbond substituents is 3. The maximum Gasteiger partial charge on any atom is 0.134 e. The van der Waals surface area contributed by atoms with E-state index in [4.69, 9.17) is 0 Å². The molecule has 0 aromatic heterocycles. The van der Waals surface area contributed by atoms with Gasteiger partial charge in [-0.2, -0.15) is 0 Å². The summed E-state index contributed by atoms with van der Waals surface area (Å²) in [5.41, 5.74) is 1.22. The largest absolute Gasteiger partial charge is 0.507 e. The van der Waals surface area contributed by atoms with Crippen LogP contribution in [-0.4, -0.2) is 15.3 Å². The zero-order valence-electron chi connectivity index (χ0n) is 9.09. The minimum absolute atomic E-state index is 0.0447. The molecule has 3 nitrogen and oxygen atoms in total. The SMILES string of the molecule is C=Cc1c(O)ccc(-c2ccccc2O)c1O. The lowest BCUT2D eigenvalue weighted by Crippen LogP contribution is -1.84. The Balaban J connectivity index is 2.69. The van der Waals surface area contributed by atoms with Gasteiger partial charge in [0.15, 0.2) is 0 Å². The number of rotatable bonds is 2. The highest BCUT2D eigenvalue weighted by Crippen LogP contribution is 2.40. The lowest BCUT2D eigenvalue weighted by atomic mass is 10.00. The highest BCUT2D eigenvalue weighted by atomic mass is 16.3. The molecule has 0 saturated carbocycles. The van der Waals surface area contributed by atoms with Gasteiger partial charge in [-0.15, -0.1) is 0 Å². The Morgan fingerprint density at radius 3 is 2.18 bits per heavy atom. The van der Waals surface area contributed by atoms with E-state index in [1.165, 1.54) is 18.2 Å². The molecule has 0 aliphatic rings. The van der Waals surface area contributed by atoms with E-state index in [2.05, 4.69) is 6.58 Å². The molecule has 0 unspecified atom stereocenters. The number of phenols is 3. The zero-order valence-corrected chi connectivity index (χ0v) is 9.09. The molecule has 0 atom stereocenters. The first-order valence-electron chi connectivity index (χ1n) is 5.11. The van der Waals surface area contributed by atoms with Gasteiger partial charge in [0.05, 0.1) is 5.56 Å². The smallest absolute Gasteiger partial charge is 0.134 e. The molecule has 2 aromatic rings. The first-order chi connectivity index (χ1) is 8.15. The molecule has 0 saturated heterocycles. The van der Waals surface area contributed by atoms with Crippen LogP contribution in [0.1, 0.15) is 5.56 Å². The van der Waals surface area contributed by atoms with Gasteiger partial charge in [0.1, 0.15) is 17.2 Å². The molecule has 3 N–H and O–H groups in total. The molecule has 0 aliphatic carbocycles. The lowest BCUT2D eigenvalue weighted by Gasteiger charge is -2.10. The third kappa shape index (κ3) is 1.83. The number of hydrogen-bond acceptors (Lipinski definition) is 3. The molecule has 0 heterocycles. The molecule has 86 valence electrons. The Labute approximate surface area is 98.9 Å². The summed E-state index contributed by atoms with van der Waals surface area (Å²) in [4.78, 5) is 0. The first kappa shape index (κ1) is 11.1. The van der Waals surface area contributed by atoms with Crippen molar-refractivity contribution < 1.29 is 15.3 Å². The predicted octanol–water partition coefficient (Wildman–Crippen LogP) is 3.11. The van der Waals surface area contributed by atoms with Gasteiger partial charge in [-0.25, -0.2) is 0 Å². The van der Waals surface area contributed by atoms with Crippen molar-refractivity contribution in [3.63, 3.8) is 0 Å². The molecule has 0 radical (unpaired) electrons. The summed E-state index contributed by atoms with van der Waals surface area (Å²) >= 11 is 0. The third-order valence-corrected chi connectivity index (χ3v) is 2.59. The van der Waals surface area contributed by atoms with E-state index in [0.717, 1.165) is 0 Å². The van der Waals surface area contributed by atoms with E-state index < -0.39 is 0 Å². The molecular weight excluding hydrogens is 216 g/mol. The van der Waals surface area contributed by atoms with Crippen LogP contribution in [0.3, 0.4) is 0 Å². The third-order valence-electron chi connectivity index (χ3n) is 2.59. The van der Waals surface area contributed by atoms with Gasteiger partial charge in [0, 0.05) is 11.1 Å².